The quantitative estimate of drug-likeness (QED) is 0.579. The normalized spacial score (nSPS) is 17.2. The Labute approximate surface area is 193 Å². The fraction of sp³-hybridized carbons (Fsp3) is 0.360. The van der Waals surface area contributed by atoms with Gasteiger partial charge in [0.05, 0.1) is 10.5 Å². The second kappa shape index (κ2) is 9.49. The smallest absolute Gasteiger partial charge is 0.252 e. The molecule has 33 heavy (non-hydrogen) atoms. The van der Waals surface area contributed by atoms with Crippen molar-refractivity contribution in [3.05, 3.63) is 75.6 Å². The second-order valence-electron chi connectivity index (χ2n) is 8.57. The van der Waals surface area contributed by atoms with Gasteiger partial charge in [-0.2, -0.15) is 4.31 Å². The molecule has 3 aromatic rings. The third-order valence-corrected chi connectivity index (χ3v) is 8.30. The second-order valence-corrected chi connectivity index (χ2v) is 10.5. The van der Waals surface area contributed by atoms with Crippen LogP contribution in [0.25, 0.3) is 10.9 Å². The zero-order valence-corrected chi connectivity index (χ0v) is 19.7. The average molecular weight is 468 g/mol. The van der Waals surface area contributed by atoms with E-state index in [1.54, 1.807) is 6.07 Å². The molecule has 2 N–H and O–H groups in total. The van der Waals surface area contributed by atoms with Gasteiger partial charge in [0.15, 0.2) is 0 Å². The molecule has 4 rings (SSSR count). The molecule has 2 aromatic carbocycles. The minimum Gasteiger partial charge on any atom is -0.348 e. The van der Waals surface area contributed by atoms with Crippen LogP contribution >= 0.6 is 0 Å². The number of piperidine rings is 1. The molecule has 0 unspecified atom stereocenters. The van der Waals surface area contributed by atoms with E-state index in [1.165, 1.54) is 28.1 Å². The van der Waals surface area contributed by atoms with Crippen molar-refractivity contribution in [1.82, 2.24) is 14.6 Å². The van der Waals surface area contributed by atoms with Crippen LogP contribution in [0, 0.1) is 0 Å². The van der Waals surface area contributed by atoms with E-state index in [-0.39, 0.29) is 16.5 Å². The van der Waals surface area contributed by atoms with Crippen molar-refractivity contribution < 1.29 is 13.2 Å². The first-order valence-corrected chi connectivity index (χ1v) is 12.8. The molecule has 1 atom stereocenters. The summed E-state index contributed by atoms with van der Waals surface area (Å²) >= 11 is 0. The van der Waals surface area contributed by atoms with E-state index in [4.69, 9.17) is 0 Å². The summed E-state index contributed by atoms with van der Waals surface area (Å²) in [6, 6.07) is 13.6. The number of nitrogens with zero attached hydrogens (tertiary/aromatic N) is 1. The first-order chi connectivity index (χ1) is 15.8. The van der Waals surface area contributed by atoms with E-state index < -0.39 is 21.5 Å². The fourth-order valence-corrected chi connectivity index (χ4v) is 6.04. The van der Waals surface area contributed by atoms with Gasteiger partial charge in [-0.25, -0.2) is 8.42 Å². The lowest BCUT2D eigenvalue weighted by atomic mass is 10.1. The van der Waals surface area contributed by atoms with Crippen molar-refractivity contribution in [2.45, 2.75) is 57.0 Å². The van der Waals surface area contributed by atoms with Crippen LogP contribution < -0.4 is 10.9 Å². The number of H-pyrrole nitrogens is 1. The van der Waals surface area contributed by atoms with Gasteiger partial charge in [-0.1, -0.05) is 37.6 Å². The summed E-state index contributed by atoms with van der Waals surface area (Å²) in [5, 5.41) is 3.25. The minimum atomic E-state index is -3.71. The summed E-state index contributed by atoms with van der Waals surface area (Å²) < 4.78 is 28.1. The van der Waals surface area contributed by atoms with Gasteiger partial charge in [0.25, 0.3) is 5.91 Å². The average Bonchev–Trinajstić information content (AvgIpc) is 2.82. The van der Waals surface area contributed by atoms with Gasteiger partial charge >= 0.3 is 0 Å². The Balaban J connectivity index is 1.66. The Morgan fingerprint density at radius 1 is 1.09 bits per heavy atom. The summed E-state index contributed by atoms with van der Waals surface area (Å²) in [4.78, 5) is 28.0. The molecule has 2 heterocycles. The number of carbonyl (C=O) groups excluding carboxylic acids is 1. The van der Waals surface area contributed by atoms with Gasteiger partial charge in [0.1, 0.15) is 0 Å². The molecule has 0 saturated carbocycles. The zero-order valence-electron chi connectivity index (χ0n) is 18.9. The lowest BCUT2D eigenvalue weighted by Gasteiger charge is -2.32. The molecular weight excluding hydrogens is 438 g/mol. The summed E-state index contributed by atoms with van der Waals surface area (Å²) in [7, 11) is -3.71. The number of aromatic nitrogens is 1. The van der Waals surface area contributed by atoms with Crippen molar-refractivity contribution in [3.63, 3.8) is 0 Å². The van der Waals surface area contributed by atoms with E-state index in [1.807, 2.05) is 31.2 Å². The molecule has 0 radical (unpaired) electrons. The number of amides is 1. The summed E-state index contributed by atoms with van der Waals surface area (Å²) in [5.74, 6) is -0.424. The van der Waals surface area contributed by atoms with Gasteiger partial charge in [0.2, 0.25) is 15.6 Å². The van der Waals surface area contributed by atoms with E-state index in [9.17, 15) is 18.0 Å². The van der Waals surface area contributed by atoms with Crippen molar-refractivity contribution in [3.8, 4) is 0 Å². The van der Waals surface area contributed by atoms with Gasteiger partial charge in [0, 0.05) is 36.1 Å². The van der Waals surface area contributed by atoms with E-state index >= 15 is 0 Å². The maximum absolute atomic E-state index is 13.3. The zero-order chi connectivity index (χ0) is 23.6. The number of fused-ring (bicyclic) bond motifs is 1. The van der Waals surface area contributed by atoms with Crippen LogP contribution in [0.1, 0.15) is 54.6 Å². The monoisotopic (exact) mass is 467 g/mol. The maximum Gasteiger partial charge on any atom is 0.252 e. The first kappa shape index (κ1) is 23.2. The summed E-state index contributed by atoms with van der Waals surface area (Å²) in [5.41, 5.74) is 2.31. The van der Waals surface area contributed by atoms with Gasteiger partial charge in [-0.3, -0.25) is 9.59 Å². The van der Waals surface area contributed by atoms with Crippen molar-refractivity contribution in [2.24, 2.45) is 0 Å². The third-order valence-electron chi connectivity index (χ3n) is 6.29. The number of nitrogens with one attached hydrogen (secondary N) is 2. The standard InChI is InChI=1S/C25H29N3O4S/c1-3-18-7-9-19(10-8-18)16-26-25(30)22-15-24(29)27-23-12-11-20(14-21(22)23)33(31,32)28-13-5-4-6-17(28)2/h7-12,14-15,17H,3-6,13,16H2,1-2H3,(H,26,30)(H,27,29)/t17-/m1/s1. The lowest BCUT2D eigenvalue weighted by Crippen LogP contribution is -2.41. The van der Waals surface area contributed by atoms with E-state index in [2.05, 4.69) is 17.2 Å². The first-order valence-electron chi connectivity index (χ1n) is 11.3. The summed E-state index contributed by atoms with van der Waals surface area (Å²) in [6.07, 6.45) is 3.61. The molecule has 1 amide bonds. The topological polar surface area (TPSA) is 99.3 Å². The van der Waals surface area contributed by atoms with E-state index in [0.29, 0.717) is 24.0 Å². The Bertz CT molecular complexity index is 1330. The molecule has 8 heteroatoms. The molecular formula is C25H29N3O4S. The highest BCUT2D eigenvalue weighted by Gasteiger charge is 2.31. The Kier molecular flexibility index (Phi) is 6.67. The highest BCUT2D eigenvalue weighted by atomic mass is 32.2. The Morgan fingerprint density at radius 2 is 1.82 bits per heavy atom. The fourth-order valence-electron chi connectivity index (χ4n) is 4.32. The predicted molar refractivity (Wildman–Crippen MR) is 129 cm³/mol. The van der Waals surface area contributed by atoms with Gasteiger partial charge in [-0.05, 0) is 55.5 Å². The predicted octanol–water partition coefficient (Wildman–Crippen LogP) is 3.58. The molecule has 0 spiro atoms. The Morgan fingerprint density at radius 3 is 2.52 bits per heavy atom. The molecule has 1 saturated heterocycles. The minimum absolute atomic E-state index is 0.0723. The van der Waals surface area contributed by atoms with Crippen LogP contribution in [0.2, 0.25) is 0 Å². The van der Waals surface area contributed by atoms with Crippen LogP contribution in [0.3, 0.4) is 0 Å². The number of aromatic amines is 1. The third kappa shape index (κ3) is 4.86. The number of rotatable bonds is 6. The molecule has 0 aliphatic carbocycles. The number of benzene rings is 2. The van der Waals surface area contributed by atoms with Gasteiger partial charge < -0.3 is 10.3 Å². The Hall–Kier alpha value is -2.97. The molecule has 174 valence electrons. The lowest BCUT2D eigenvalue weighted by molar-refractivity contribution is 0.0952. The van der Waals surface area contributed by atoms with Crippen molar-refractivity contribution in [2.75, 3.05) is 6.54 Å². The van der Waals surface area contributed by atoms with Crippen molar-refractivity contribution in [1.29, 1.82) is 0 Å². The molecule has 0 bridgehead atoms. The molecule has 1 aliphatic heterocycles. The maximum atomic E-state index is 13.3. The van der Waals surface area contributed by atoms with Crippen LogP contribution in [0.4, 0.5) is 0 Å². The number of pyridine rings is 1. The number of sulfonamides is 1. The molecule has 7 nitrogen and oxygen atoms in total. The van der Waals surface area contributed by atoms with Crippen LogP contribution in [0.5, 0.6) is 0 Å². The molecule has 1 aromatic heterocycles. The SMILES string of the molecule is CCc1ccc(CNC(=O)c2cc(=O)[nH]c3ccc(S(=O)(=O)N4CCCC[C@H]4C)cc23)cc1. The largest absolute Gasteiger partial charge is 0.348 e. The number of hydrogen-bond acceptors (Lipinski definition) is 4. The number of hydrogen-bond donors (Lipinski definition) is 2. The van der Waals surface area contributed by atoms with E-state index in [0.717, 1.165) is 31.2 Å². The van der Waals surface area contributed by atoms with Crippen LogP contribution in [0.15, 0.2) is 58.2 Å². The van der Waals surface area contributed by atoms with Crippen LogP contribution in [-0.2, 0) is 23.0 Å². The van der Waals surface area contributed by atoms with Crippen molar-refractivity contribution >= 4 is 26.8 Å². The highest BCUT2D eigenvalue weighted by molar-refractivity contribution is 7.89. The molecule has 1 aliphatic rings. The highest BCUT2D eigenvalue weighted by Crippen LogP contribution is 2.27. The number of aryl methyl sites for hydroxylation is 1. The van der Waals surface area contributed by atoms with Crippen LogP contribution in [-0.4, -0.2) is 36.2 Å². The number of carbonyl (C=O) groups is 1. The molecule has 1 fully saturated rings. The summed E-state index contributed by atoms with van der Waals surface area (Å²) in [6.45, 7) is 4.79. The van der Waals surface area contributed by atoms with Gasteiger partial charge in [-0.15, -0.1) is 0 Å².